The van der Waals surface area contributed by atoms with Crippen LogP contribution in [0.25, 0.3) is 0 Å². The lowest BCUT2D eigenvalue weighted by molar-refractivity contribution is -0.0705. The molecule has 0 spiro atoms. The smallest absolute Gasteiger partial charge is 0.193 e. The van der Waals surface area contributed by atoms with E-state index in [4.69, 9.17) is 4.74 Å². The van der Waals surface area contributed by atoms with Crippen molar-refractivity contribution in [3.63, 3.8) is 0 Å². The van der Waals surface area contributed by atoms with E-state index in [1.165, 1.54) is 11.1 Å². The van der Waals surface area contributed by atoms with E-state index in [1.807, 2.05) is 19.6 Å². The third kappa shape index (κ3) is 5.51. The number of hydrogen-bond donors (Lipinski definition) is 1. The molecule has 4 atom stereocenters. The average Bonchev–Trinajstić information content (AvgIpc) is 3.30. The van der Waals surface area contributed by atoms with Gasteiger partial charge in [0.2, 0.25) is 0 Å². The fourth-order valence-electron chi connectivity index (χ4n) is 5.14. The summed E-state index contributed by atoms with van der Waals surface area (Å²) in [6, 6.07) is 9.17. The number of nitrogens with zero attached hydrogens (tertiary/aromatic N) is 5. The number of rotatable bonds is 5. The van der Waals surface area contributed by atoms with Crippen molar-refractivity contribution < 1.29 is 4.74 Å². The topological polar surface area (TPSA) is 57.9 Å². The maximum atomic E-state index is 5.91. The molecular formula is C25H38N6O. The number of piperidine rings is 1. The third-order valence-corrected chi connectivity index (χ3v) is 6.78. The molecule has 4 unspecified atom stereocenters. The number of guanidine groups is 1. The number of hydrogen-bond acceptors (Lipinski definition) is 4. The molecule has 0 saturated carbocycles. The van der Waals surface area contributed by atoms with E-state index in [-0.39, 0.29) is 12.2 Å². The number of aromatic nitrogens is 2. The molecular weight excluding hydrogens is 400 g/mol. The number of aliphatic imine (C=N–C) groups is 1. The average molecular weight is 439 g/mol. The molecule has 7 heteroatoms. The van der Waals surface area contributed by atoms with Gasteiger partial charge >= 0.3 is 0 Å². The maximum Gasteiger partial charge on any atom is 0.193 e. The fourth-order valence-corrected chi connectivity index (χ4v) is 5.14. The van der Waals surface area contributed by atoms with Crippen LogP contribution in [-0.2, 0) is 17.8 Å². The van der Waals surface area contributed by atoms with Crippen molar-refractivity contribution >= 4 is 5.96 Å². The normalized spacial score (nSPS) is 27.5. The number of nitrogens with one attached hydrogen (secondary N) is 1. The Bertz CT molecular complexity index is 872. The van der Waals surface area contributed by atoms with Crippen molar-refractivity contribution in [1.82, 2.24) is 24.7 Å². The van der Waals surface area contributed by atoms with Crippen molar-refractivity contribution in [2.24, 2.45) is 10.9 Å². The van der Waals surface area contributed by atoms with Crippen LogP contribution >= 0.6 is 0 Å². The summed E-state index contributed by atoms with van der Waals surface area (Å²) in [6.45, 7) is 12.3. The first-order valence-electron chi connectivity index (χ1n) is 11.9. The van der Waals surface area contributed by atoms with E-state index < -0.39 is 0 Å². The Morgan fingerprint density at radius 2 is 1.88 bits per heavy atom. The molecule has 3 heterocycles. The van der Waals surface area contributed by atoms with Gasteiger partial charge in [-0.25, -0.2) is 4.98 Å². The number of morpholine rings is 1. The second-order valence-corrected chi connectivity index (χ2v) is 9.41. The summed E-state index contributed by atoms with van der Waals surface area (Å²) in [5.74, 6) is 1.60. The predicted octanol–water partition coefficient (Wildman–Crippen LogP) is 3.15. The highest BCUT2D eigenvalue weighted by Gasteiger charge is 2.29. The standard InChI is InChI=1S/C25H38N6O/c1-19-9-11-30(17-24(19)31-12-10-27-18-31)25(26-4)28-13-22-7-5-6-8-23(22)16-29-14-20(2)32-21(3)15-29/h5-8,10,12,18-21,24H,9,11,13-17H2,1-4H3,(H,26,28). The minimum Gasteiger partial charge on any atom is -0.373 e. The summed E-state index contributed by atoms with van der Waals surface area (Å²) in [4.78, 5) is 13.8. The molecule has 0 radical (unpaired) electrons. The minimum atomic E-state index is 0.285. The van der Waals surface area contributed by atoms with Gasteiger partial charge in [-0.05, 0) is 37.3 Å². The Kier molecular flexibility index (Phi) is 7.48. The summed E-state index contributed by atoms with van der Waals surface area (Å²) in [5.41, 5.74) is 2.71. The van der Waals surface area contributed by atoms with Crippen molar-refractivity contribution in [2.45, 2.75) is 58.5 Å². The second kappa shape index (κ2) is 10.5. The van der Waals surface area contributed by atoms with Crippen molar-refractivity contribution in [2.75, 3.05) is 33.2 Å². The number of likely N-dealkylation sites (tertiary alicyclic amines) is 1. The van der Waals surface area contributed by atoms with Crippen LogP contribution in [-0.4, -0.2) is 70.7 Å². The number of benzene rings is 1. The lowest BCUT2D eigenvalue weighted by Crippen LogP contribution is -2.48. The summed E-state index contributed by atoms with van der Waals surface area (Å²) in [5, 5.41) is 3.64. The third-order valence-electron chi connectivity index (χ3n) is 6.78. The Hall–Kier alpha value is -2.38. The van der Waals surface area contributed by atoms with Gasteiger partial charge < -0.3 is 19.5 Å². The van der Waals surface area contributed by atoms with E-state index in [2.05, 4.69) is 80.9 Å². The van der Waals surface area contributed by atoms with Crippen LogP contribution in [0.2, 0.25) is 0 Å². The monoisotopic (exact) mass is 438 g/mol. The van der Waals surface area contributed by atoms with E-state index in [0.717, 1.165) is 51.6 Å². The zero-order valence-corrected chi connectivity index (χ0v) is 19.9. The summed E-state index contributed by atoms with van der Waals surface area (Å²) in [6.07, 6.45) is 7.59. The van der Waals surface area contributed by atoms with Crippen molar-refractivity contribution in [3.8, 4) is 0 Å². The minimum absolute atomic E-state index is 0.285. The van der Waals surface area contributed by atoms with Gasteiger partial charge in [-0.1, -0.05) is 31.2 Å². The van der Waals surface area contributed by atoms with Gasteiger partial charge in [0.25, 0.3) is 0 Å². The Morgan fingerprint density at radius 3 is 2.56 bits per heavy atom. The van der Waals surface area contributed by atoms with Gasteiger partial charge in [-0.2, -0.15) is 0 Å². The van der Waals surface area contributed by atoms with Crippen molar-refractivity contribution in [3.05, 3.63) is 54.1 Å². The van der Waals surface area contributed by atoms with Gasteiger partial charge in [-0.15, -0.1) is 0 Å². The number of ether oxygens (including phenoxy) is 1. The molecule has 2 fully saturated rings. The molecule has 2 aliphatic rings. The highest BCUT2D eigenvalue weighted by Crippen LogP contribution is 2.27. The van der Waals surface area contributed by atoms with Crippen molar-refractivity contribution in [1.29, 1.82) is 0 Å². The molecule has 174 valence electrons. The summed E-state index contributed by atoms with van der Waals surface area (Å²) >= 11 is 0. The van der Waals surface area contributed by atoms with E-state index in [1.54, 1.807) is 0 Å². The van der Waals surface area contributed by atoms with Gasteiger partial charge in [0.1, 0.15) is 0 Å². The van der Waals surface area contributed by atoms with Gasteiger partial charge in [0.15, 0.2) is 5.96 Å². The number of imidazole rings is 1. The second-order valence-electron chi connectivity index (χ2n) is 9.41. The van der Waals surface area contributed by atoms with Crippen LogP contribution in [0.1, 0.15) is 44.4 Å². The van der Waals surface area contributed by atoms with Crippen LogP contribution in [0, 0.1) is 5.92 Å². The highest BCUT2D eigenvalue weighted by molar-refractivity contribution is 5.80. The molecule has 4 rings (SSSR count). The van der Waals surface area contributed by atoms with E-state index in [9.17, 15) is 0 Å². The highest BCUT2D eigenvalue weighted by atomic mass is 16.5. The van der Waals surface area contributed by atoms with Crippen LogP contribution in [0.3, 0.4) is 0 Å². The lowest BCUT2D eigenvalue weighted by atomic mass is 9.93. The van der Waals surface area contributed by atoms with E-state index in [0.29, 0.717) is 12.0 Å². The first-order chi connectivity index (χ1) is 15.5. The summed E-state index contributed by atoms with van der Waals surface area (Å²) < 4.78 is 8.15. The van der Waals surface area contributed by atoms with Gasteiger partial charge in [-0.3, -0.25) is 9.89 Å². The van der Waals surface area contributed by atoms with E-state index >= 15 is 0 Å². The van der Waals surface area contributed by atoms with Crippen LogP contribution in [0.4, 0.5) is 0 Å². The SMILES string of the molecule is CN=C(NCc1ccccc1CN1CC(C)OC(C)C1)N1CCC(C)C(n2ccnc2)C1. The maximum absolute atomic E-state index is 5.91. The molecule has 2 saturated heterocycles. The Morgan fingerprint density at radius 1 is 1.12 bits per heavy atom. The van der Waals surface area contributed by atoms with Crippen LogP contribution in [0.15, 0.2) is 48.0 Å². The summed E-state index contributed by atoms with van der Waals surface area (Å²) in [7, 11) is 1.88. The largest absolute Gasteiger partial charge is 0.373 e. The molecule has 32 heavy (non-hydrogen) atoms. The van der Waals surface area contributed by atoms with Crippen LogP contribution < -0.4 is 5.32 Å². The molecule has 1 N–H and O–H groups in total. The quantitative estimate of drug-likeness (QED) is 0.574. The zero-order chi connectivity index (χ0) is 22.5. The molecule has 1 aromatic heterocycles. The first-order valence-corrected chi connectivity index (χ1v) is 11.9. The van der Waals surface area contributed by atoms with Crippen LogP contribution in [0.5, 0.6) is 0 Å². The molecule has 0 amide bonds. The molecule has 7 nitrogen and oxygen atoms in total. The Labute approximate surface area is 192 Å². The van der Waals surface area contributed by atoms with Gasteiger partial charge in [0.05, 0.1) is 24.6 Å². The lowest BCUT2D eigenvalue weighted by Gasteiger charge is -2.39. The molecule has 0 bridgehead atoms. The molecule has 2 aliphatic heterocycles. The molecule has 2 aromatic rings. The first kappa shape index (κ1) is 22.8. The fraction of sp³-hybridized carbons (Fsp3) is 0.600. The molecule has 0 aliphatic carbocycles. The zero-order valence-electron chi connectivity index (χ0n) is 19.9. The molecule has 1 aromatic carbocycles. The Balaban J connectivity index is 1.39. The van der Waals surface area contributed by atoms with Gasteiger partial charge in [0, 0.05) is 58.7 Å². The predicted molar refractivity (Wildman–Crippen MR) is 129 cm³/mol.